The van der Waals surface area contributed by atoms with Crippen molar-refractivity contribution in [2.45, 2.75) is 12.5 Å². The van der Waals surface area contributed by atoms with Crippen molar-refractivity contribution in [2.75, 3.05) is 19.7 Å². The number of aromatic nitrogens is 1. The van der Waals surface area contributed by atoms with Crippen LogP contribution in [0, 0.1) is 0 Å². The van der Waals surface area contributed by atoms with E-state index in [2.05, 4.69) is 4.98 Å². The molecule has 1 saturated heterocycles. The third kappa shape index (κ3) is 3.80. The number of carbonyl (C=O) groups is 2. The van der Waals surface area contributed by atoms with Crippen LogP contribution < -0.4 is 0 Å². The molecule has 0 spiro atoms. The van der Waals surface area contributed by atoms with E-state index in [9.17, 15) is 9.59 Å². The Balaban J connectivity index is 1.66. The molecule has 0 saturated carbocycles. The molecule has 1 amide bonds. The average molecular weight is 345 g/mol. The molecular formula is C18H17ClN2O3. The lowest BCUT2D eigenvalue weighted by atomic mass is 10.1. The van der Waals surface area contributed by atoms with Crippen LogP contribution in [0.4, 0.5) is 0 Å². The number of rotatable bonds is 4. The third-order valence-electron chi connectivity index (χ3n) is 3.95. The molecule has 2 aromatic rings. The molecule has 1 aromatic heterocycles. The molecule has 1 aliphatic rings. The van der Waals surface area contributed by atoms with Crippen LogP contribution in [0.25, 0.3) is 0 Å². The summed E-state index contributed by atoms with van der Waals surface area (Å²) < 4.78 is 5.73. The predicted octanol–water partition coefficient (Wildman–Crippen LogP) is 2.39. The SMILES string of the molecule is O=C(C(=O)N1CCOC(Cc2ccccc2Cl)C1)c1cccnc1. The first-order valence-electron chi connectivity index (χ1n) is 7.74. The smallest absolute Gasteiger partial charge is 0.295 e. The number of carbonyl (C=O) groups excluding carboxylic acids is 2. The van der Waals surface area contributed by atoms with Crippen LogP contribution in [0.2, 0.25) is 5.02 Å². The highest BCUT2D eigenvalue weighted by Crippen LogP contribution is 2.19. The fourth-order valence-corrected chi connectivity index (χ4v) is 2.91. The summed E-state index contributed by atoms with van der Waals surface area (Å²) in [6.45, 7) is 1.18. The van der Waals surface area contributed by atoms with Crippen LogP contribution in [-0.4, -0.2) is 47.4 Å². The van der Waals surface area contributed by atoms with Gasteiger partial charge in [0.2, 0.25) is 0 Å². The van der Waals surface area contributed by atoms with Gasteiger partial charge in [-0.1, -0.05) is 29.8 Å². The molecule has 24 heavy (non-hydrogen) atoms. The van der Waals surface area contributed by atoms with Gasteiger partial charge in [0.15, 0.2) is 0 Å². The first-order chi connectivity index (χ1) is 11.6. The molecule has 0 radical (unpaired) electrons. The lowest BCUT2D eigenvalue weighted by molar-refractivity contribution is -0.133. The molecule has 0 aliphatic carbocycles. The number of nitrogens with zero attached hydrogens (tertiary/aromatic N) is 2. The molecule has 6 heteroatoms. The monoisotopic (exact) mass is 344 g/mol. The summed E-state index contributed by atoms with van der Waals surface area (Å²) in [6.07, 6.45) is 3.39. The molecule has 1 atom stereocenters. The Morgan fingerprint density at radius 3 is 2.83 bits per heavy atom. The molecular weight excluding hydrogens is 328 g/mol. The molecule has 2 heterocycles. The summed E-state index contributed by atoms with van der Waals surface area (Å²) in [7, 11) is 0. The highest BCUT2D eigenvalue weighted by Gasteiger charge is 2.29. The zero-order valence-corrected chi connectivity index (χ0v) is 13.8. The minimum Gasteiger partial charge on any atom is -0.374 e. The zero-order valence-electron chi connectivity index (χ0n) is 13.0. The van der Waals surface area contributed by atoms with Crippen LogP contribution in [-0.2, 0) is 16.0 Å². The molecule has 1 unspecified atom stereocenters. The Labute approximate surface area is 145 Å². The van der Waals surface area contributed by atoms with Gasteiger partial charge in [0.05, 0.1) is 12.7 Å². The van der Waals surface area contributed by atoms with E-state index in [1.165, 1.54) is 6.20 Å². The van der Waals surface area contributed by atoms with Crippen molar-refractivity contribution < 1.29 is 14.3 Å². The maximum Gasteiger partial charge on any atom is 0.295 e. The Morgan fingerprint density at radius 2 is 2.08 bits per heavy atom. The summed E-state index contributed by atoms with van der Waals surface area (Å²) in [6, 6.07) is 10.8. The molecule has 5 nitrogen and oxygen atoms in total. The van der Waals surface area contributed by atoms with Crippen LogP contribution in [0.3, 0.4) is 0 Å². The third-order valence-corrected chi connectivity index (χ3v) is 4.32. The first-order valence-corrected chi connectivity index (χ1v) is 8.11. The van der Waals surface area contributed by atoms with Crippen LogP contribution in [0.5, 0.6) is 0 Å². The average Bonchev–Trinajstić information content (AvgIpc) is 2.63. The minimum absolute atomic E-state index is 0.177. The van der Waals surface area contributed by atoms with Gasteiger partial charge in [-0.2, -0.15) is 0 Å². The van der Waals surface area contributed by atoms with Crippen molar-refractivity contribution in [3.63, 3.8) is 0 Å². The van der Waals surface area contributed by atoms with Gasteiger partial charge in [0.25, 0.3) is 11.7 Å². The second-order valence-corrected chi connectivity index (χ2v) is 6.02. The van der Waals surface area contributed by atoms with Gasteiger partial charge in [0.1, 0.15) is 0 Å². The van der Waals surface area contributed by atoms with E-state index in [-0.39, 0.29) is 6.10 Å². The summed E-state index contributed by atoms with van der Waals surface area (Å²) >= 11 is 6.18. The number of ketones is 1. The molecule has 1 fully saturated rings. The van der Waals surface area contributed by atoms with E-state index in [0.29, 0.717) is 36.7 Å². The topological polar surface area (TPSA) is 59.5 Å². The van der Waals surface area contributed by atoms with Crippen molar-refractivity contribution in [1.29, 1.82) is 0 Å². The number of amides is 1. The second kappa shape index (κ2) is 7.55. The zero-order chi connectivity index (χ0) is 16.9. The van der Waals surface area contributed by atoms with Crippen LogP contribution in [0.15, 0.2) is 48.8 Å². The number of halogens is 1. The van der Waals surface area contributed by atoms with Crippen molar-refractivity contribution in [3.05, 3.63) is 64.9 Å². The highest BCUT2D eigenvalue weighted by molar-refractivity contribution is 6.42. The molecule has 1 aromatic carbocycles. The van der Waals surface area contributed by atoms with E-state index >= 15 is 0 Å². The normalized spacial score (nSPS) is 17.5. The number of hydrogen-bond donors (Lipinski definition) is 0. The summed E-state index contributed by atoms with van der Waals surface area (Å²) in [5.41, 5.74) is 1.27. The quantitative estimate of drug-likeness (QED) is 0.631. The second-order valence-electron chi connectivity index (χ2n) is 5.61. The van der Waals surface area contributed by atoms with Gasteiger partial charge in [-0.05, 0) is 23.8 Å². The molecule has 0 N–H and O–H groups in total. The molecule has 0 bridgehead atoms. The van der Waals surface area contributed by atoms with Gasteiger partial charge in [-0.15, -0.1) is 0 Å². The Bertz CT molecular complexity index is 736. The summed E-state index contributed by atoms with van der Waals surface area (Å²) in [5, 5.41) is 0.677. The first kappa shape index (κ1) is 16.6. The lowest BCUT2D eigenvalue weighted by Crippen LogP contribution is -2.48. The van der Waals surface area contributed by atoms with E-state index in [0.717, 1.165) is 5.56 Å². The Kier molecular flexibility index (Phi) is 5.23. The van der Waals surface area contributed by atoms with Gasteiger partial charge in [-0.25, -0.2) is 0 Å². The Morgan fingerprint density at radius 1 is 1.25 bits per heavy atom. The Hall–Kier alpha value is -2.24. The predicted molar refractivity (Wildman–Crippen MR) is 90.0 cm³/mol. The maximum atomic E-state index is 12.4. The minimum atomic E-state index is -0.540. The van der Waals surface area contributed by atoms with E-state index in [1.54, 1.807) is 23.2 Å². The van der Waals surface area contributed by atoms with E-state index < -0.39 is 11.7 Å². The number of morpholine rings is 1. The number of pyridine rings is 1. The van der Waals surface area contributed by atoms with E-state index in [4.69, 9.17) is 16.3 Å². The fourth-order valence-electron chi connectivity index (χ4n) is 2.70. The number of ether oxygens (including phenoxy) is 1. The summed E-state index contributed by atoms with van der Waals surface area (Å²) in [4.78, 5) is 30.1. The summed E-state index contributed by atoms with van der Waals surface area (Å²) in [5.74, 6) is -1.06. The van der Waals surface area contributed by atoms with E-state index in [1.807, 2.05) is 24.3 Å². The highest BCUT2D eigenvalue weighted by atomic mass is 35.5. The van der Waals surface area contributed by atoms with Gasteiger partial charge >= 0.3 is 0 Å². The lowest BCUT2D eigenvalue weighted by Gasteiger charge is -2.32. The van der Waals surface area contributed by atoms with Crippen LogP contribution >= 0.6 is 11.6 Å². The number of benzene rings is 1. The molecule has 124 valence electrons. The fraction of sp³-hybridized carbons (Fsp3) is 0.278. The van der Waals surface area contributed by atoms with Gasteiger partial charge < -0.3 is 9.64 Å². The van der Waals surface area contributed by atoms with Gasteiger partial charge in [0, 0.05) is 42.5 Å². The van der Waals surface area contributed by atoms with Crippen molar-refractivity contribution >= 4 is 23.3 Å². The number of Topliss-reactive ketones (excluding diaryl/α,β-unsaturated/α-hetero) is 1. The molecule has 3 rings (SSSR count). The maximum absolute atomic E-state index is 12.4. The van der Waals surface area contributed by atoms with Crippen molar-refractivity contribution in [2.24, 2.45) is 0 Å². The standard InChI is InChI=1S/C18H17ClN2O3/c19-16-6-2-1-4-13(16)10-15-12-21(8-9-24-15)18(23)17(22)14-5-3-7-20-11-14/h1-7,11,15H,8-10,12H2. The molecule has 1 aliphatic heterocycles. The van der Waals surface area contributed by atoms with Crippen LogP contribution in [0.1, 0.15) is 15.9 Å². The van der Waals surface area contributed by atoms with Gasteiger partial charge in [-0.3, -0.25) is 14.6 Å². The number of hydrogen-bond acceptors (Lipinski definition) is 4. The largest absolute Gasteiger partial charge is 0.374 e. The van der Waals surface area contributed by atoms with Crippen molar-refractivity contribution in [3.8, 4) is 0 Å². The van der Waals surface area contributed by atoms with Crippen molar-refractivity contribution in [1.82, 2.24) is 9.88 Å².